The summed E-state index contributed by atoms with van der Waals surface area (Å²) in [5.74, 6) is -1.02. The highest BCUT2D eigenvalue weighted by Crippen LogP contribution is 2.21. The van der Waals surface area contributed by atoms with Crippen LogP contribution in [-0.2, 0) is 11.2 Å². The molecule has 3 rings (SSSR count). The Kier molecular flexibility index (Phi) is 7.55. The summed E-state index contributed by atoms with van der Waals surface area (Å²) < 4.78 is 27.2. The quantitative estimate of drug-likeness (QED) is 0.672. The van der Waals surface area contributed by atoms with Gasteiger partial charge in [0, 0.05) is 37.7 Å². The van der Waals surface area contributed by atoms with Crippen molar-refractivity contribution in [2.24, 2.45) is 0 Å². The summed E-state index contributed by atoms with van der Waals surface area (Å²) in [6.07, 6.45) is 2.58. The van der Waals surface area contributed by atoms with Crippen LogP contribution in [0.15, 0.2) is 48.5 Å². The van der Waals surface area contributed by atoms with Crippen molar-refractivity contribution in [3.05, 3.63) is 71.3 Å². The van der Waals surface area contributed by atoms with E-state index in [1.165, 1.54) is 0 Å². The van der Waals surface area contributed by atoms with E-state index in [1.807, 2.05) is 47.1 Å². The zero-order chi connectivity index (χ0) is 21.5. The molecule has 6 heteroatoms. The summed E-state index contributed by atoms with van der Waals surface area (Å²) in [7, 11) is 0. The number of carbonyl (C=O) groups is 2. The summed E-state index contributed by atoms with van der Waals surface area (Å²) in [6, 6.07) is 12.6. The molecule has 1 heterocycles. The molecule has 0 spiro atoms. The third-order valence-electron chi connectivity index (χ3n) is 5.61. The molecule has 1 fully saturated rings. The molecule has 0 saturated carbocycles. The Labute approximate surface area is 176 Å². The van der Waals surface area contributed by atoms with E-state index >= 15 is 0 Å². The van der Waals surface area contributed by atoms with Gasteiger partial charge in [-0.05, 0) is 61.6 Å². The molecule has 0 N–H and O–H groups in total. The van der Waals surface area contributed by atoms with Gasteiger partial charge in [-0.3, -0.25) is 9.59 Å². The van der Waals surface area contributed by atoms with Gasteiger partial charge in [-0.25, -0.2) is 8.78 Å². The van der Waals surface area contributed by atoms with Crippen LogP contribution in [-0.4, -0.2) is 47.3 Å². The third kappa shape index (κ3) is 5.43. The maximum Gasteiger partial charge on any atom is 0.253 e. The fraction of sp³-hybridized carbons (Fsp3) is 0.417. The van der Waals surface area contributed by atoms with Crippen molar-refractivity contribution in [2.45, 2.75) is 45.1 Å². The molecule has 0 aromatic heterocycles. The number of piperidine rings is 1. The lowest BCUT2D eigenvalue weighted by atomic mass is 10.0. The minimum atomic E-state index is -0.500. The molecule has 0 radical (unpaired) electrons. The standard InChI is InChI=1S/C24H28F2N2O2/c1-2-14-28(23(29)11-8-19-17-20(25)9-10-22(19)26)21-12-15-27(16-13-21)24(30)18-6-4-3-5-7-18/h3-7,9-10,17,21H,2,8,11-16H2,1H3. The van der Waals surface area contributed by atoms with Gasteiger partial charge < -0.3 is 9.80 Å². The van der Waals surface area contributed by atoms with E-state index in [9.17, 15) is 18.4 Å². The van der Waals surface area contributed by atoms with Crippen molar-refractivity contribution in [3.8, 4) is 0 Å². The van der Waals surface area contributed by atoms with Gasteiger partial charge >= 0.3 is 0 Å². The van der Waals surface area contributed by atoms with Crippen LogP contribution in [0.4, 0.5) is 8.78 Å². The number of rotatable bonds is 7. The lowest BCUT2D eigenvalue weighted by Crippen LogP contribution is -2.49. The number of hydrogen-bond acceptors (Lipinski definition) is 2. The Balaban J connectivity index is 1.57. The zero-order valence-electron chi connectivity index (χ0n) is 17.3. The summed E-state index contributed by atoms with van der Waals surface area (Å²) in [4.78, 5) is 29.2. The van der Waals surface area contributed by atoms with E-state index in [1.54, 1.807) is 0 Å². The second-order valence-electron chi connectivity index (χ2n) is 7.71. The second-order valence-corrected chi connectivity index (χ2v) is 7.71. The molecule has 0 aliphatic carbocycles. The number of benzene rings is 2. The number of hydrogen-bond donors (Lipinski definition) is 0. The zero-order valence-corrected chi connectivity index (χ0v) is 17.3. The van der Waals surface area contributed by atoms with Crippen molar-refractivity contribution in [1.82, 2.24) is 9.80 Å². The normalized spacial score (nSPS) is 14.6. The molecule has 2 aromatic rings. The van der Waals surface area contributed by atoms with Gasteiger partial charge in [0.15, 0.2) is 0 Å². The molecule has 2 amide bonds. The predicted octanol–water partition coefficient (Wildman–Crippen LogP) is 4.44. The van der Waals surface area contributed by atoms with Gasteiger partial charge in [0.05, 0.1) is 0 Å². The van der Waals surface area contributed by atoms with Crippen LogP contribution in [0.1, 0.15) is 48.5 Å². The molecule has 1 aliphatic heterocycles. The Hall–Kier alpha value is -2.76. The maximum atomic E-state index is 13.9. The molecule has 0 bridgehead atoms. The number of carbonyl (C=O) groups excluding carboxylic acids is 2. The van der Waals surface area contributed by atoms with Crippen molar-refractivity contribution in [1.29, 1.82) is 0 Å². The highest BCUT2D eigenvalue weighted by Gasteiger charge is 2.29. The molecule has 160 valence electrons. The van der Waals surface area contributed by atoms with Crippen molar-refractivity contribution in [2.75, 3.05) is 19.6 Å². The number of halogens is 2. The first-order valence-corrected chi connectivity index (χ1v) is 10.6. The Morgan fingerprint density at radius 2 is 1.77 bits per heavy atom. The fourth-order valence-corrected chi connectivity index (χ4v) is 4.02. The minimum absolute atomic E-state index is 0.0176. The molecule has 0 atom stereocenters. The molecular weight excluding hydrogens is 386 g/mol. The van der Waals surface area contributed by atoms with E-state index in [2.05, 4.69) is 0 Å². The van der Waals surface area contributed by atoms with Gasteiger partial charge in [-0.2, -0.15) is 0 Å². The Bertz CT molecular complexity index is 865. The van der Waals surface area contributed by atoms with Gasteiger partial charge in [-0.15, -0.1) is 0 Å². The number of likely N-dealkylation sites (tertiary alicyclic amines) is 1. The SMILES string of the molecule is CCCN(C(=O)CCc1cc(F)ccc1F)C1CCN(C(=O)c2ccccc2)CC1. The van der Waals surface area contributed by atoms with Crippen LogP contribution in [0.5, 0.6) is 0 Å². The van der Waals surface area contributed by atoms with Crippen LogP contribution in [0, 0.1) is 11.6 Å². The monoisotopic (exact) mass is 414 g/mol. The molecule has 30 heavy (non-hydrogen) atoms. The maximum absolute atomic E-state index is 13.9. The van der Waals surface area contributed by atoms with Gasteiger partial charge in [0.2, 0.25) is 5.91 Å². The summed E-state index contributed by atoms with van der Waals surface area (Å²) in [6.45, 7) is 3.84. The van der Waals surface area contributed by atoms with Crippen LogP contribution in [0.3, 0.4) is 0 Å². The largest absolute Gasteiger partial charge is 0.340 e. The smallest absolute Gasteiger partial charge is 0.253 e. The number of amides is 2. The Morgan fingerprint density at radius 3 is 2.43 bits per heavy atom. The molecular formula is C24H28F2N2O2. The summed E-state index contributed by atoms with van der Waals surface area (Å²) in [5.41, 5.74) is 0.901. The van der Waals surface area contributed by atoms with Gasteiger partial charge in [0.1, 0.15) is 11.6 Å². The van der Waals surface area contributed by atoms with Crippen LogP contribution in [0.2, 0.25) is 0 Å². The topological polar surface area (TPSA) is 40.6 Å². The average molecular weight is 414 g/mol. The van der Waals surface area contributed by atoms with Gasteiger partial charge in [-0.1, -0.05) is 25.1 Å². The highest BCUT2D eigenvalue weighted by atomic mass is 19.1. The van der Waals surface area contributed by atoms with E-state index in [-0.39, 0.29) is 36.3 Å². The van der Waals surface area contributed by atoms with Crippen molar-refractivity contribution < 1.29 is 18.4 Å². The lowest BCUT2D eigenvalue weighted by molar-refractivity contribution is -0.134. The summed E-state index contributed by atoms with van der Waals surface area (Å²) >= 11 is 0. The van der Waals surface area contributed by atoms with Crippen LogP contribution >= 0.6 is 0 Å². The number of nitrogens with zero attached hydrogens (tertiary/aromatic N) is 2. The fourth-order valence-electron chi connectivity index (χ4n) is 4.02. The molecule has 0 unspecified atom stereocenters. The Morgan fingerprint density at radius 1 is 1.07 bits per heavy atom. The molecule has 1 aliphatic rings. The third-order valence-corrected chi connectivity index (χ3v) is 5.61. The lowest BCUT2D eigenvalue weighted by Gasteiger charge is -2.38. The van der Waals surface area contributed by atoms with E-state index < -0.39 is 11.6 Å². The second kappa shape index (κ2) is 10.3. The van der Waals surface area contributed by atoms with Crippen LogP contribution < -0.4 is 0 Å². The van der Waals surface area contributed by atoms with E-state index in [4.69, 9.17) is 0 Å². The predicted molar refractivity (Wildman–Crippen MR) is 112 cm³/mol. The van der Waals surface area contributed by atoms with Gasteiger partial charge in [0.25, 0.3) is 5.91 Å². The number of aryl methyl sites for hydroxylation is 1. The average Bonchev–Trinajstić information content (AvgIpc) is 2.78. The minimum Gasteiger partial charge on any atom is -0.340 e. The van der Waals surface area contributed by atoms with E-state index in [0.29, 0.717) is 25.2 Å². The molecule has 2 aromatic carbocycles. The van der Waals surface area contributed by atoms with Crippen molar-refractivity contribution in [3.63, 3.8) is 0 Å². The van der Waals surface area contributed by atoms with E-state index in [0.717, 1.165) is 37.5 Å². The highest BCUT2D eigenvalue weighted by molar-refractivity contribution is 5.94. The van der Waals surface area contributed by atoms with Crippen molar-refractivity contribution >= 4 is 11.8 Å². The summed E-state index contributed by atoms with van der Waals surface area (Å²) in [5, 5.41) is 0. The van der Waals surface area contributed by atoms with Crippen LogP contribution in [0.25, 0.3) is 0 Å². The first kappa shape index (κ1) is 21.9. The first-order valence-electron chi connectivity index (χ1n) is 10.6. The first-order chi connectivity index (χ1) is 14.5. The molecule has 4 nitrogen and oxygen atoms in total. The molecule has 1 saturated heterocycles.